The van der Waals surface area contributed by atoms with Crippen molar-refractivity contribution in [3.63, 3.8) is 0 Å². The number of alkyl halides is 1. The molecule has 3 aromatic heterocycles. The maximum atomic E-state index is 13.5. The summed E-state index contributed by atoms with van der Waals surface area (Å²) in [5, 5.41) is 7.01. The van der Waals surface area contributed by atoms with E-state index in [1.165, 1.54) is 10.8 Å². The third-order valence-corrected chi connectivity index (χ3v) is 6.44. The Balaban J connectivity index is 1.26. The zero-order valence-corrected chi connectivity index (χ0v) is 21.8. The summed E-state index contributed by atoms with van der Waals surface area (Å²) in [6.07, 6.45) is 6.49. The fourth-order valence-electron chi connectivity index (χ4n) is 4.43. The number of H-pyrrole nitrogens is 1. The van der Waals surface area contributed by atoms with Gasteiger partial charge in [0.25, 0.3) is 5.56 Å². The molecule has 0 atom stereocenters. The van der Waals surface area contributed by atoms with Crippen LogP contribution in [-0.2, 0) is 24.3 Å². The highest BCUT2D eigenvalue weighted by Crippen LogP contribution is 2.17. The van der Waals surface area contributed by atoms with Gasteiger partial charge in [0.1, 0.15) is 23.8 Å². The second-order valence-electron chi connectivity index (χ2n) is 9.21. The van der Waals surface area contributed by atoms with Crippen LogP contribution in [-0.4, -0.2) is 38.8 Å². The van der Waals surface area contributed by atoms with Crippen molar-refractivity contribution in [1.29, 1.82) is 0 Å². The van der Waals surface area contributed by atoms with Crippen molar-refractivity contribution in [3.8, 4) is 17.1 Å². The molecule has 0 saturated carbocycles. The van der Waals surface area contributed by atoms with E-state index in [1.54, 1.807) is 24.5 Å². The summed E-state index contributed by atoms with van der Waals surface area (Å²) in [6, 6.07) is 20.3. The molecule has 1 amide bonds. The van der Waals surface area contributed by atoms with Crippen molar-refractivity contribution < 1.29 is 13.9 Å². The van der Waals surface area contributed by atoms with Crippen molar-refractivity contribution in [1.82, 2.24) is 24.8 Å². The molecule has 204 valence electrons. The second-order valence-corrected chi connectivity index (χ2v) is 9.21. The van der Waals surface area contributed by atoms with Gasteiger partial charge in [-0.3, -0.25) is 19.1 Å². The highest BCUT2D eigenvalue weighted by molar-refractivity contribution is 5.80. The summed E-state index contributed by atoms with van der Waals surface area (Å²) in [4.78, 5) is 38.3. The highest BCUT2D eigenvalue weighted by atomic mass is 19.1. The number of aromatic amines is 1. The third kappa shape index (κ3) is 6.52. The Kier molecular flexibility index (Phi) is 8.45. The number of ether oxygens (including phenoxy) is 1. The maximum absolute atomic E-state index is 13.5. The number of aryl methyl sites for hydroxylation is 1. The molecular formula is C30H29FN6O3. The Morgan fingerprint density at radius 3 is 2.65 bits per heavy atom. The summed E-state index contributed by atoms with van der Waals surface area (Å²) in [5.74, 6) is 0.589. The molecule has 3 N–H and O–H groups in total. The first-order valence-electron chi connectivity index (χ1n) is 13.0. The lowest BCUT2D eigenvalue weighted by Gasteiger charge is -2.15. The van der Waals surface area contributed by atoms with E-state index in [1.807, 2.05) is 54.6 Å². The van der Waals surface area contributed by atoms with Crippen LogP contribution in [0, 0.1) is 0 Å². The largest absolute Gasteiger partial charge is 0.463 e. The van der Waals surface area contributed by atoms with Gasteiger partial charge in [0, 0.05) is 41.1 Å². The molecule has 0 aliphatic carbocycles. The Bertz CT molecular complexity index is 1600. The zero-order valence-electron chi connectivity index (χ0n) is 21.8. The summed E-state index contributed by atoms with van der Waals surface area (Å²) in [5.41, 5.74) is 3.58. The molecule has 0 fully saturated rings. The van der Waals surface area contributed by atoms with E-state index < -0.39 is 6.86 Å². The normalized spacial score (nSPS) is 10.9. The van der Waals surface area contributed by atoms with E-state index in [0.717, 1.165) is 40.6 Å². The van der Waals surface area contributed by atoms with Gasteiger partial charge in [-0.25, -0.2) is 9.37 Å². The number of carbonyl (C=O) groups excluding carboxylic acids is 1. The van der Waals surface area contributed by atoms with Crippen molar-refractivity contribution in [3.05, 3.63) is 107 Å². The number of carbonyl (C=O) groups is 1. The van der Waals surface area contributed by atoms with Crippen molar-refractivity contribution in [2.45, 2.75) is 25.9 Å². The van der Waals surface area contributed by atoms with Crippen LogP contribution < -0.4 is 20.9 Å². The Labute approximate surface area is 230 Å². The molecule has 5 rings (SSSR count). The summed E-state index contributed by atoms with van der Waals surface area (Å²) in [6.45, 7) is -0.219. The van der Waals surface area contributed by atoms with Crippen LogP contribution in [0.5, 0.6) is 5.75 Å². The van der Waals surface area contributed by atoms with Crippen LogP contribution in [0.3, 0.4) is 0 Å². The third-order valence-electron chi connectivity index (χ3n) is 6.44. The average Bonchev–Trinajstić information content (AvgIpc) is 3.41. The van der Waals surface area contributed by atoms with E-state index in [4.69, 9.17) is 4.74 Å². The molecule has 3 heterocycles. The highest BCUT2D eigenvalue weighted by Gasteiger charge is 2.15. The lowest BCUT2D eigenvalue weighted by atomic mass is 10.1. The van der Waals surface area contributed by atoms with Crippen molar-refractivity contribution in [2.75, 3.05) is 18.7 Å². The molecule has 0 spiro atoms. The average molecular weight is 541 g/mol. The van der Waals surface area contributed by atoms with Gasteiger partial charge in [-0.05, 0) is 42.7 Å². The SMILES string of the molecule is O=C(Cn1c(-c2ccccc2)ncc(NCCCc2ccc(OCF)cc2)c1=O)NCc1cc2cnccc2[nH]1. The lowest BCUT2D eigenvalue weighted by molar-refractivity contribution is -0.121. The maximum Gasteiger partial charge on any atom is 0.277 e. The predicted molar refractivity (Wildman–Crippen MR) is 152 cm³/mol. The Hall–Kier alpha value is -4.99. The van der Waals surface area contributed by atoms with Gasteiger partial charge in [0.15, 0.2) is 0 Å². The van der Waals surface area contributed by atoms with E-state index in [-0.39, 0.29) is 24.6 Å². The van der Waals surface area contributed by atoms with E-state index in [9.17, 15) is 14.0 Å². The number of halogens is 1. The summed E-state index contributed by atoms with van der Waals surface area (Å²) < 4.78 is 18.5. The smallest absolute Gasteiger partial charge is 0.277 e. The van der Waals surface area contributed by atoms with Crippen molar-refractivity contribution in [2.24, 2.45) is 0 Å². The minimum Gasteiger partial charge on any atom is -0.463 e. The van der Waals surface area contributed by atoms with Crippen LogP contribution in [0.4, 0.5) is 10.1 Å². The van der Waals surface area contributed by atoms with Gasteiger partial charge in [-0.2, -0.15) is 0 Å². The number of pyridine rings is 1. The van der Waals surface area contributed by atoms with Crippen LogP contribution in [0.2, 0.25) is 0 Å². The fraction of sp³-hybridized carbons (Fsp3) is 0.200. The van der Waals surface area contributed by atoms with Gasteiger partial charge in [-0.1, -0.05) is 42.5 Å². The molecule has 0 bridgehead atoms. The molecule has 0 aliphatic heterocycles. The Morgan fingerprint density at radius 1 is 1.05 bits per heavy atom. The molecular weight excluding hydrogens is 511 g/mol. The monoisotopic (exact) mass is 540 g/mol. The molecule has 9 nitrogen and oxygen atoms in total. The molecule has 0 radical (unpaired) electrons. The number of benzene rings is 2. The summed E-state index contributed by atoms with van der Waals surface area (Å²) in [7, 11) is 0. The van der Waals surface area contributed by atoms with Crippen molar-refractivity contribution >= 4 is 22.5 Å². The number of fused-ring (bicyclic) bond motifs is 1. The zero-order chi connectivity index (χ0) is 27.7. The van der Waals surface area contributed by atoms with Gasteiger partial charge >= 0.3 is 0 Å². The van der Waals surface area contributed by atoms with Gasteiger partial charge in [0.05, 0.1) is 12.7 Å². The molecule has 0 saturated heterocycles. The lowest BCUT2D eigenvalue weighted by Crippen LogP contribution is -2.34. The number of nitrogens with zero attached hydrogens (tertiary/aromatic N) is 3. The number of hydrogen-bond donors (Lipinski definition) is 3. The molecule has 5 aromatic rings. The number of amides is 1. The molecule has 0 aliphatic rings. The predicted octanol–water partition coefficient (Wildman–Crippen LogP) is 4.45. The van der Waals surface area contributed by atoms with Crippen LogP contribution in [0.1, 0.15) is 17.7 Å². The first kappa shape index (κ1) is 26.6. The topological polar surface area (TPSA) is 114 Å². The first-order valence-corrected chi connectivity index (χ1v) is 13.0. The molecule has 40 heavy (non-hydrogen) atoms. The first-order chi connectivity index (χ1) is 19.6. The number of anilines is 1. The Morgan fingerprint density at radius 2 is 1.88 bits per heavy atom. The minimum absolute atomic E-state index is 0.180. The second kappa shape index (κ2) is 12.7. The number of rotatable bonds is 12. The van der Waals surface area contributed by atoms with E-state index in [0.29, 0.717) is 23.8 Å². The number of nitrogens with one attached hydrogen (secondary N) is 3. The van der Waals surface area contributed by atoms with Crippen LogP contribution in [0.25, 0.3) is 22.3 Å². The standard InChI is InChI=1S/C30H29FN6O3/c31-20-40-25-10-8-21(9-11-25)5-4-13-33-27-18-35-29(22-6-2-1-3-7-22)37(30(27)39)19-28(38)34-17-24-15-23-16-32-14-12-26(23)36-24/h1-3,6-12,14-16,18,33,36H,4-5,13,17,19-20H2,(H,34,38). The molecule has 2 aromatic carbocycles. The molecule has 10 heteroatoms. The van der Waals surface area contributed by atoms with E-state index >= 15 is 0 Å². The van der Waals surface area contributed by atoms with Crippen LogP contribution in [0.15, 0.2) is 90.1 Å². The van der Waals surface area contributed by atoms with Gasteiger partial charge < -0.3 is 20.4 Å². The van der Waals surface area contributed by atoms with E-state index in [2.05, 4.69) is 25.6 Å². The fourth-order valence-corrected chi connectivity index (χ4v) is 4.43. The quantitative estimate of drug-likeness (QED) is 0.202. The number of aromatic nitrogens is 4. The molecule has 0 unspecified atom stereocenters. The van der Waals surface area contributed by atoms with Gasteiger partial charge in [-0.15, -0.1) is 0 Å². The minimum atomic E-state index is -0.860. The number of hydrogen-bond acceptors (Lipinski definition) is 6. The van der Waals surface area contributed by atoms with Crippen LogP contribution >= 0.6 is 0 Å². The summed E-state index contributed by atoms with van der Waals surface area (Å²) >= 11 is 0. The van der Waals surface area contributed by atoms with Gasteiger partial charge in [0.2, 0.25) is 12.8 Å².